The molecule has 0 heterocycles. The summed E-state index contributed by atoms with van der Waals surface area (Å²) in [7, 11) is -3.82. The van der Waals surface area contributed by atoms with E-state index in [2.05, 4.69) is 5.32 Å². The Bertz CT molecular complexity index is 975. The fraction of sp³-hybridized carbons (Fsp3) is 0.222. The number of sulfonamides is 1. The number of carbonyl (C=O) groups excluding carboxylic acids is 2. The Hall–Kier alpha value is -2.94. The van der Waals surface area contributed by atoms with Crippen LogP contribution < -0.4 is 15.4 Å². The third-order valence-electron chi connectivity index (χ3n) is 4.03. The van der Waals surface area contributed by atoms with Gasteiger partial charge in [0.25, 0.3) is 0 Å². The molecule has 3 N–H and O–H groups in total. The summed E-state index contributed by atoms with van der Waals surface area (Å²) in [5.74, 6) is -1.78. The first-order valence-electron chi connectivity index (χ1n) is 7.97. The molecule has 0 saturated heterocycles. The summed E-state index contributed by atoms with van der Waals surface area (Å²) in [6.07, 6.45) is 0.957. The number of hydrogen-bond donors (Lipinski definition) is 2. The third kappa shape index (κ3) is 4.62. The van der Waals surface area contributed by atoms with E-state index in [1.54, 1.807) is 19.1 Å². The van der Waals surface area contributed by atoms with E-state index in [9.17, 15) is 22.4 Å². The molecule has 7 nitrogen and oxygen atoms in total. The van der Waals surface area contributed by atoms with Crippen LogP contribution >= 0.6 is 0 Å². The normalized spacial score (nSPS) is 12.3. The SMILES string of the molecule is Cc1c(NC(=O)C(C)N(c2ccc(F)cc2)S(C)(=O)=O)cccc1C(N)=O. The van der Waals surface area contributed by atoms with Crippen molar-refractivity contribution < 1.29 is 22.4 Å². The molecule has 1 atom stereocenters. The van der Waals surface area contributed by atoms with Crippen molar-refractivity contribution in [1.29, 1.82) is 0 Å². The van der Waals surface area contributed by atoms with E-state index in [-0.39, 0.29) is 11.3 Å². The predicted octanol–water partition coefficient (Wildman–Crippen LogP) is 2.03. The van der Waals surface area contributed by atoms with Gasteiger partial charge in [0.2, 0.25) is 21.8 Å². The second-order valence-corrected chi connectivity index (χ2v) is 7.90. The van der Waals surface area contributed by atoms with Gasteiger partial charge in [0.1, 0.15) is 11.9 Å². The number of primary amides is 1. The van der Waals surface area contributed by atoms with Crippen LogP contribution in [0, 0.1) is 12.7 Å². The standard InChI is InChI=1S/C18H20FN3O4S/c1-11-15(17(20)23)5-4-6-16(11)21-18(24)12(2)22(27(3,25)26)14-9-7-13(19)8-10-14/h4-10,12H,1-3H3,(H2,20,23)(H,21,24). The highest BCUT2D eigenvalue weighted by atomic mass is 32.2. The Morgan fingerprint density at radius 2 is 1.74 bits per heavy atom. The summed E-state index contributed by atoms with van der Waals surface area (Å²) in [5.41, 5.74) is 6.52. The molecule has 0 aliphatic heterocycles. The van der Waals surface area contributed by atoms with Gasteiger partial charge in [-0.3, -0.25) is 13.9 Å². The monoisotopic (exact) mass is 393 g/mol. The van der Waals surface area contributed by atoms with Crippen molar-refractivity contribution in [2.75, 3.05) is 15.9 Å². The number of nitrogens with two attached hydrogens (primary N) is 1. The number of amides is 2. The topological polar surface area (TPSA) is 110 Å². The lowest BCUT2D eigenvalue weighted by atomic mass is 10.1. The zero-order chi connectivity index (χ0) is 20.4. The number of hydrogen-bond acceptors (Lipinski definition) is 4. The fourth-order valence-corrected chi connectivity index (χ4v) is 3.85. The van der Waals surface area contributed by atoms with Crippen LogP contribution in [0.2, 0.25) is 0 Å². The summed E-state index contributed by atoms with van der Waals surface area (Å²) in [4.78, 5) is 24.1. The van der Waals surface area contributed by atoms with Gasteiger partial charge in [-0.1, -0.05) is 6.07 Å². The number of benzene rings is 2. The number of rotatable bonds is 6. The molecule has 144 valence electrons. The Balaban J connectivity index is 2.35. The molecule has 2 aromatic carbocycles. The average molecular weight is 393 g/mol. The van der Waals surface area contributed by atoms with Crippen molar-refractivity contribution >= 4 is 33.2 Å². The molecule has 2 rings (SSSR count). The van der Waals surface area contributed by atoms with Crippen LogP contribution in [0.1, 0.15) is 22.8 Å². The van der Waals surface area contributed by atoms with Gasteiger partial charge in [-0.05, 0) is 55.8 Å². The van der Waals surface area contributed by atoms with Gasteiger partial charge in [0, 0.05) is 11.3 Å². The number of anilines is 2. The van der Waals surface area contributed by atoms with E-state index in [0.29, 0.717) is 11.3 Å². The lowest BCUT2D eigenvalue weighted by Crippen LogP contribution is -2.45. The van der Waals surface area contributed by atoms with E-state index in [0.717, 1.165) is 22.7 Å². The lowest BCUT2D eigenvalue weighted by Gasteiger charge is -2.28. The van der Waals surface area contributed by atoms with Gasteiger partial charge in [-0.2, -0.15) is 0 Å². The third-order valence-corrected chi connectivity index (χ3v) is 5.27. The minimum Gasteiger partial charge on any atom is -0.366 e. The quantitative estimate of drug-likeness (QED) is 0.782. The summed E-state index contributed by atoms with van der Waals surface area (Å²) in [6.45, 7) is 3.03. The largest absolute Gasteiger partial charge is 0.366 e. The van der Waals surface area contributed by atoms with Crippen LogP contribution in [0.4, 0.5) is 15.8 Å². The van der Waals surface area contributed by atoms with Crippen molar-refractivity contribution in [3.8, 4) is 0 Å². The maximum atomic E-state index is 13.2. The molecular formula is C18H20FN3O4S. The van der Waals surface area contributed by atoms with Gasteiger partial charge >= 0.3 is 0 Å². The highest BCUT2D eigenvalue weighted by Gasteiger charge is 2.29. The van der Waals surface area contributed by atoms with Crippen LogP contribution in [0.15, 0.2) is 42.5 Å². The molecule has 2 aromatic rings. The summed E-state index contributed by atoms with van der Waals surface area (Å²) in [5, 5.41) is 2.61. The van der Waals surface area contributed by atoms with Crippen LogP contribution in [0.3, 0.4) is 0 Å². The summed E-state index contributed by atoms with van der Waals surface area (Å²) < 4.78 is 38.5. The molecule has 0 aliphatic carbocycles. The van der Waals surface area contributed by atoms with E-state index in [1.807, 2.05) is 0 Å². The number of carbonyl (C=O) groups is 2. The van der Waals surface area contributed by atoms with Crippen molar-refractivity contribution in [2.45, 2.75) is 19.9 Å². The fourth-order valence-electron chi connectivity index (χ4n) is 2.67. The highest BCUT2D eigenvalue weighted by molar-refractivity contribution is 7.92. The smallest absolute Gasteiger partial charge is 0.249 e. The molecule has 9 heteroatoms. The molecule has 0 aromatic heterocycles. The van der Waals surface area contributed by atoms with Gasteiger partial charge in [-0.15, -0.1) is 0 Å². The Morgan fingerprint density at radius 3 is 2.26 bits per heavy atom. The molecular weight excluding hydrogens is 373 g/mol. The molecule has 0 spiro atoms. The number of halogens is 1. The van der Waals surface area contributed by atoms with E-state index >= 15 is 0 Å². The Morgan fingerprint density at radius 1 is 1.15 bits per heavy atom. The zero-order valence-corrected chi connectivity index (χ0v) is 15.9. The van der Waals surface area contributed by atoms with Gasteiger partial charge < -0.3 is 11.1 Å². The maximum Gasteiger partial charge on any atom is 0.249 e. The van der Waals surface area contributed by atoms with Gasteiger partial charge in [0.15, 0.2) is 0 Å². The average Bonchev–Trinajstić information content (AvgIpc) is 2.57. The Kier molecular flexibility index (Phi) is 5.85. The molecule has 0 fully saturated rings. The van der Waals surface area contributed by atoms with Crippen molar-refractivity contribution in [3.63, 3.8) is 0 Å². The van der Waals surface area contributed by atoms with E-state index in [4.69, 9.17) is 5.73 Å². The molecule has 0 radical (unpaired) electrons. The molecule has 2 amide bonds. The van der Waals surface area contributed by atoms with Crippen molar-refractivity contribution in [2.24, 2.45) is 5.73 Å². The molecule has 1 unspecified atom stereocenters. The van der Waals surface area contributed by atoms with Crippen LogP contribution in [0.25, 0.3) is 0 Å². The van der Waals surface area contributed by atoms with E-state index in [1.165, 1.54) is 25.1 Å². The van der Waals surface area contributed by atoms with Crippen LogP contribution in [-0.4, -0.2) is 32.5 Å². The highest BCUT2D eigenvalue weighted by Crippen LogP contribution is 2.23. The maximum absolute atomic E-state index is 13.2. The molecule has 0 bridgehead atoms. The van der Waals surface area contributed by atoms with Gasteiger partial charge in [0.05, 0.1) is 11.9 Å². The van der Waals surface area contributed by atoms with Gasteiger partial charge in [-0.25, -0.2) is 12.8 Å². The molecule has 27 heavy (non-hydrogen) atoms. The summed E-state index contributed by atoms with van der Waals surface area (Å²) in [6, 6.07) is 8.31. The second kappa shape index (κ2) is 7.75. The predicted molar refractivity (Wildman–Crippen MR) is 102 cm³/mol. The summed E-state index contributed by atoms with van der Waals surface area (Å²) >= 11 is 0. The second-order valence-electron chi connectivity index (χ2n) is 6.04. The van der Waals surface area contributed by atoms with Crippen LogP contribution in [0.5, 0.6) is 0 Å². The first-order chi connectivity index (χ1) is 12.5. The minimum atomic E-state index is -3.82. The van der Waals surface area contributed by atoms with Crippen molar-refractivity contribution in [3.05, 3.63) is 59.4 Å². The first-order valence-corrected chi connectivity index (χ1v) is 9.82. The minimum absolute atomic E-state index is 0.157. The first kappa shape index (κ1) is 20.4. The number of nitrogens with one attached hydrogen (secondary N) is 1. The van der Waals surface area contributed by atoms with E-state index < -0.39 is 33.7 Å². The lowest BCUT2D eigenvalue weighted by molar-refractivity contribution is -0.116. The zero-order valence-electron chi connectivity index (χ0n) is 15.1. The van der Waals surface area contributed by atoms with Crippen LogP contribution in [-0.2, 0) is 14.8 Å². The Labute approximate surface area is 157 Å². The molecule has 0 aliphatic rings. The molecule has 0 saturated carbocycles. The van der Waals surface area contributed by atoms with Crippen molar-refractivity contribution in [1.82, 2.24) is 0 Å². The number of nitrogens with zero attached hydrogens (tertiary/aromatic N) is 1.